The smallest absolute Gasteiger partial charge is 0.352 e. The Morgan fingerprint density at radius 1 is 1.21 bits per heavy atom. The van der Waals surface area contributed by atoms with E-state index in [2.05, 4.69) is 10.6 Å². The van der Waals surface area contributed by atoms with Crippen LogP contribution in [0.1, 0.15) is 25.5 Å². The van der Waals surface area contributed by atoms with E-state index in [1.54, 1.807) is 6.92 Å². The molecule has 1 atom stereocenters. The lowest BCUT2D eigenvalue weighted by Crippen LogP contribution is -2.27. The lowest BCUT2D eigenvalue weighted by molar-refractivity contribution is -0.384. The molecule has 8 nitrogen and oxygen atoms in total. The van der Waals surface area contributed by atoms with Crippen LogP contribution in [0.15, 0.2) is 66.0 Å². The number of hydrogen-bond acceptors (Lipinski definition) is 7. The first-order chi connectivity index (χ1) is 13.5. The van der Waals surface area contributed by atoms with Crippen LogP contribution in [0.5, 0.6) is 0 Å². The van der Waals surface area contributed by atoms with E-state index in [-0.39, 0.29) is 29.7 Å². The van der Waals surface area contributed by atoms with Crippen molar-refractivity contribution in [1.29, 1.82) is 5.26 Å². The van der Waals surface area contributed by atoms with Gasteiger partial charge in [-0.2, -0.15) is 5.26 Å². The van der Waals surface area contributed by atoms with Crippen LogP contribution < -0.4 is 10.6 Å². The quantitative estimate of drug-likeness (QED) is 0.236. The van der Waals surface area contributed by atoms with Crippen LogP contribution in [0.4, 0.5) is 11.4 Å². The summed E-state index contributed by atoms with van der Waals surface area (Å²) in [6.45, 7) is 3.66. The van der Waals surface area contributed by atoms with Crippen molar-refractivity contribution in [1.82, 2.24) is 5.32 Å². The van der Waals surface area contributed by atoms with Gasteiger partial charge in [0.1, 0.15) is 11.9 Å². The molecule has 0 aliphatic carbocycles. The van der Waals surface area contributed by atoms with Gasteiger partial charge in [-0.1, -0.05) is 30.3 Å². The Labute approximate surface area is 162 Å². The molecule has 2 rings (SSSR count). The van der Waals surface area contributed by atoms with E-state index in [9.17, 15) is 20.2 Å². The predicted molar refractivity (Wildman–Crippen MR) is 104 cm³/mol. The first-order valence-corrected chi connectivity index (χ1v) is 8.60. The molecule has 0 saturated heterocycles. The molecule has 0 aliphatic heterocycles. The summed E-state index contributed by atoms with van der Waals surface area (Å²) in [6, 6.07) is 16.8. The highest BCUT2D eigenvalue weighted by Gasteiger charge is 2.19. The van der Waals surface area contributed by atoms with E-state index < -0.39 is 10.9 Å². The van der Waals surface area contributed by atoms with Gasteiger partial charge >= 0.3 is 5.97 Å². The number of hydrogen-bond donors (Lipinski definition) is 2. The maximum absolute atomic E-state index is 12.2. The minimum Gasteiger partial charge on any atom is -0.462 e. The lowest BCUT2D eigenvalue weighted by Gasteiger charge is -2.21. The predicted octanol–water partition coefficient (Wildman–Crippen LogP) is 3.66. The van der Waals surface area contributed by atoms with Crippen molar-refractivity contribution >= 4 is 17.3 Å². The van der Waals surface area contributed by atoms with E-state index >= 15 is 0 Å². The molecular weight excluding hydrogens is 360 g/mol. The molecule has 0 spiro atoms. The Bertz CT molecular complexity index is 902. The van der Waals surface area contributed by atoms with Crippen molar-refractivity contribution < 1.29 is 14.5 Å². The summed E-state index contributed by atoms with van der Waals surface area (Å²) in [4.78, 5) is 22.5. The number of nitrogens with one attached hydrogen (secondary N) is 2. The molecule has 0 aliphatic rings. The Balaban J connectivity index is 2.36. The van der Waals surface area contributed by atoms with Crippen LogP contribution in [0, 0.1) is 21.4 Å². The molecular formula is C20H20N4O4. The van der Waals surface area contributed by atoms with Gasteiger partial charge in [0.05, 0.1) is 11.5 Å². The fourth-order valence-electron chi connectivity index (χ4n) is 2.43. The summed E-state index contributed by atoms with van der Waals surface area (Å²) in [7, 11) is 0. The van der Waals surface area contributed by atoms with Crippen LogP contribution in [-0.2, 0) is 9.53 Å². The van der Waals surface area contributed by atoms with Crippen molar-refractivity contribution in [3.8, 4) is 6.07 Å². The molecule has 0 fully saturated rings. The Morgan fingerprint density at radius 3 is 2.39 bits per heavy atom. The highest BCUT2D eigenvalue weighted by atomic mass is 16.6. The summed E-state index contributed by atoms with van der Waals surface area (Å²) >= 11 is 0. The molecule has 0 amide bonds. The molecule has 0 unspecified atom stereocenters. The first kappa shape index (κ1) is 20.5. The number of nitro groups is 1. The molecule has 0 aromatic heterocycles. The average molecular weight is 380 g/mol. The lowest BCUT2D eigenvalue weighted by atomic mass is 10.1. The van der Waals surface area contributed by atoms with Crippen molar-refractivity contribution in [2.75, 3.05) is 11.9 Å². The van der Waals surface area contributed by atoms with Crippen molar-refractivity contribution in [3.05, 3.63) is 81.7 Å². The van der Waals surface area contributed by atoms with Crippen LogP contribution in [-0.4, -0.2) is 17.5 Å². The first-order valence-electron chi connectivity index (χ1n) is 8.60. The number of carbonyl (C=O) groups is 1. The van der Waals surface area contributed by atoms with Crippen molar-refractivity contribution in [2.24, 2.45) is 0 Å². The van der Waals surface area contributed by atoms with E-state index in [1.807, 2.05) is 43.3 Å². The van der Waals surface area contributed by atoms with Gasteiger partial charge in [0, 0.05) is 23.9 Å². The minimum absolute atomic E-state index is 0.0624. The molecule has 28 heavy (non-hydrogen) atoms. The third-order valence-corrected chi connectivity index (χ3v) is 3.85. The fourth-order valence-corrected chi connectivity index (χ4v) is 2.43. The highest BCUT2D eigenvalue weighted by molar-refractivity contribution is 5.94. The molecule has 0 heterocycles. The number of rotatable bonds is 8. The van der Waals surface area contributed by atoms with Gasteiger partial charge < -0.3 is 15.4 Å². The number of carbonyl (C=O) groups excluding carboxylic acids is 1. The zero-order valence-electron chi connectivity index (χ0n) is 15.5. The fraction of sp³-hybridized carbons (Fsp3) is 0.200. The molecule has 144 valence electrons. The van der Waals surface area contributed by atoms with Gasteiger partial charge in [-0.3, -0.25) is 10.1 Å². The third kappa shape index (κ3) is 5.32. The zero-order valence-corrected chi connectivity index (χ0v) is 15.5. The number of non-ortho nitro benzene ring substituents is 1. The molecule has 2 N–H and O–H groups in total. The Morgan fingerprint density at radius 2 is 1.86 bits per heavy atom. The molecule has 0 bridgehead atoms. The number of nitro benzene ring substituents is 1. The van der Waals surface area contributed by atoms with Gasteiger partial charge in [0.15, 0.2) is 5.57 Å². The summed E-state index contributed by atoms with van der Waals surface area (Å²) < 4.78 is 4.96. The van der Waals surface area contributed by atoms with Crippen LogP contribution in [0.2, 0.25) is 0 Å². The standard InChI is InChI=1S/C20H20N4O4/c1-3-28-20(25)18(13-21)19(22-14(2)15-7-5-4-6-8-15)23-16-9-11-17(12-10-16)24(26)27/h4-12,14,22-23H,3H2,1-2H3/b19-18+/t14-/m1/s1. The monoisotopic (exact) mass is 380 g/mol. The zero-order chi connectivity index (χ0) is 20.5. The van der Waals surface area contributed by atoms with Gasteiger partial charge in [-0.05, 0) is 31.5 Å². The second-order valence-electron chi connectivity index (χ2n) is 5.79. The van der Waals surface area contributed by atoms with Gasteiger partial charge in [-0.25, -0.2) is 4.79 Å². The molecule has 2 aromatic rings. The second kappa shape index (κ2) is 9.73. The molecule has 8 heteroatoms. The molecule has 0 saturated carbocycles. The highest BCUT2D eigenvalue weighted by Crippen LogP contribution is 2.20. The number of nitrogens with zero attached hydrogens (tertiary/aromatic N) is 2. The van der Waals surface area contributed by atoms with Gasteiger partial charge in [0.2, 0.25) is 0 Å². The summed E-state index contributed by atoms with van der Waals surface area (Å²) in [6.07, 6.45) is 0. The van der Waals surface area contributed by atoms with E-state index in [0.717, 1.165) is 5.56 Å². The molecule has 2 aromatic carbocycles. The van der Waals surface area contributed by atoms with Crippen molar-refractivity contribution in [3.63, 3.8) is 0 Å². The van der Waals surface area contributed by atoms with Crippen LogP contribution >= 0.6 is 0 Å². The topological polar surface area (TPSA) is 117 Å². The average Bonchev–Trinajstić information content (AvgIpc) is 2.69. The minimum atomic E-state index is -0.762. The number of esters is 1. The number of ether oxygens (including phenoxy) is 1. The maximum atomic E-state index is 12.2. The third-order valence-electron chi connectivity index (χ3n) is 3.85. The van der Waals surface area contributed by atoms with E-state index in [1.165, 1.54) is 24.3 Å². The van der Waals surface area contributed by atoms with Gasteiger partial charge in [0.25, 0.3) is 5.69 Å². The summed E-state index contributed by atoms with van der Waals surface area (Å²) in [5, 5.41) is 26.4. The second-order valence-corrected chi connectivity index (χ2v) is 5.79. The summed E-state index contributed by atoms with van der Waals surface area (Å²) in [5.74, 6) is -0.603. The molecule has 0 radical (unpaired) electrons. The van der Waals surface area contributed by atoms with Crippen LogP contribution in [0.25, 0.3) is 0 Å². The normalized spacial score (nSPS) is 12.2. The number of nitriles is 1. The van der Waals surface area contributed by atoms with E-state index in [0.29, 0.717) is 5.69 Å². The number of anilines is 1. The van der Waals surface area contributed by atoms with Crippen molar-refractivity contribution in [2.45, 2.75) is 19.9 Å². The number of benzene rings is 2. The Hall–Kier alpha value is -3.86. The Kier molecular flexibility index (Phi) is 7.11. The maximum Gasteiger partial charge on any atom is 0.352 e. The van der Waals surface area contributed by atoms with E-state index in [4.69, 9.17) is 4.74 Å². The SMILES string of the molecule is CCOC(=O)/C(C#N)=C(/Nc1ccc([N+](=O)[O-])cc1)N[C@H](C)c1ccccc1. The van der Waals surface area contributed by atoms with Gasteiger partial charge in [-0.15, -0.1) is 0 Å². The van der Waals surface area contributed by atoms with Crippen LogP contribution in [0.3, 0.4) is 0 Å². The summed E-state index contributed by atoms with van der Waals surface area (Å²) in [5.41, 5.74) is 1.15. The largest absolute Gasteiger partial charge is 0.462 e.